The van der Waals surface area contributed by atoms with Gasteiger partial charge in [-0.2, -0.15) is 0 Å². The van der Waals surface area contributed by atoms with Crippen LogP contribution in [0.4, 0.5) is 5.69 Å². The van der Waals surface area contributed by atoms with Gasteiger partial charge in [0.05, 0.1) is 26.4 Å². The van der Waals surface area contributed by atoms with E-state index < -0.39 is 0 Å². The molecule has 2 aliphatic rings. The zero-order chi connectivity index (χ0) is 18.6. The van der Waals surface area contributed by atoms with Crippen LogP contribution in [0.25, 0.3) is 0 Å². The van der Waals surface area contributed by atoms with Crippen molar-refractivity contribution in [3.63, 3.8) is 0 Å². The molecule has 1 aromatic rings. The molecule has 2 fully saturated rings. The fraction of sp³-hybridized carbons (Fsp3) is 0.650. The minimum Gasteiger partial charge on any atom is -0.493 e. The fourth-order valence-electron chi connectivity index (χ4n) is 4.47. The summed E-state index contributed by atoms with van der Waals surface area (Å²) in [5.41, 5.74) is 7.23. The van der Waals surface area contributed by atoms with Gasteiger partial charge in [-0.15, -0.1) is 0 Å². The Kier molecular flexibility index (Phi) is 5.91. The molecule has 1 aromatic carbocycles. The molecule has 2 aliphatic carbocycles. The van der Waals surface area contributed by atoms with Gasteiger partial charge in [-0.1, -0.05) is 19.3 Å². The Labute approximate surface area is 156 Å². The molecule has 2 atom stereocenters. The van der Waals surface area contributed by atoms with Gasteiger partial charge in [-0.25, -0.2) is 4.99 Å². The van der Waals surface area contributed by atoms with Gasteiger partial charge in [0.15, 0.2) is 17.5 Å². The monoisotopic (exact) mass is 361 g/mol. The SMILES string of the molecule is CCOC1CC(N=C(N)Nc2ccc(OC)c(OC)c2)C12CCCCC2. The summed E-state index contributed by atoms with van der Waals surface area (Å²) in [6.07, 6.45) is 7.51. The van der Waals surface area contributed by atoms with Crippen LogP contribution in [0.5, 0.6) is 11.5 Å². The quantitative estimate of drug-likeness (QED) is 0.598. The van der Waals surface area contributed by atoms with Gasteiger partial charge < -0.3 is 25.3 Å². The number of methoxy groups -OCH3 is 2. The van der Waals surface area contributed by atoms with Crippen molar-refractivity contribution in [2.45, 2.75) is 57.6 Å². The first-order chi connectivity index (χ1) is 12.6. The van der Waals surface area contributed by atoms with Crippen LogP contribution in [0.15, 0.2) is 23.2 Å². The molecule has 2 saturated carbocycles. The van der Waals surface area contributed by atoms with Gasteiger partial charge in [0.2, 0.25) is 0 Å². The number of rotatable bonds is 6. The van der Waals surface area contributed by atoms with E-state index in [1.165, 1.54) is 32.1 Å². The van der Waals surface area contributed by atoms with E-state index in [0.29, 0.717) is 23.6 Å². The van der Waals surface area contributed by atoms with Crippen LogP contribution in [0, 0.1) is 5.41 Å². The van der Waals surface area contributed by atoms with E-state index in [9.17, 15) is 0 Å². The summed E-state index contributed by atoms with van der Waals surface area (Å²) in [5, 5.41) is 3.19. The lowest BCUT2D eigenvalue weighted by molar-refractivity contribution is -0.139. The summed E-state index contributed by atoms with van der Waals surface area (Å²) in [4.78, 5) is 4.82. The van der Waals surface area contributed by atoms with Crippen molar-refractivity contribution in [1.82, 2.24) is 0 Å². The number of aliphatic imine (C=N–C) groups is 1. The molecule has 0 amide bonds. The third-order valence-corrected chi connectivity index (χ3v) is 5.85. The molecule has 6 nitrogen and oxygen atoms in total. The highest BCUT2D eigenvalue weighted by atomic mass is 16.5. The number of nitrogens with two attached hydrogens (primary N) is 1. The molecule has 3 N–H and O–H groups in total. The van der Waals surface area contributed by atoms with E-state index in [-0.39, 0.29) is 11.5 Å². The topological polar surface area (TPSA) is 78.1 Å². The maximum atomic E-state index is 6.21. The van der Waals surface area contributed by atoms with Crippen LogP contribution in [-0.2, 0) is 4.74 Å². The van der Waals surface area contributed by atoms with E-state index in [1.54, 1.807) is 14.2 Å². The summed E-state index contributed by atoms with van der Waals surface area (Å²) in [7, 11) is 3.24. The lowest BCUT2D eigenvalue weighted by Crippen LogP contribution is -2.58. The number of nitrogens with zero attached hydrogens (tertiary/aromatic N) is 1. The van der Waals surface area contributed by atoms with Crippen molar-refractivity contribution in [2.75, 3.05) is 26.1 Å². The van der Waals surface area contributed by atoms with Gasteiger partial charge in [0, 0.05) is 23.8 Å². The summed E-state index contributed by atoms with van der Waals surface area (Å²) < 4.78 is 16.6. The molecule has 0 aliphatic heterocycles. The van der Waals surface area contributed by atoms with Crippen LogP contribution in [-0.4, -0.2) is 38.9 Å². The molecule has 26 heavy (non-hydrogen) atoms. The third-order valence-electron chi connectivity index (χ3n) is 5.85. The standard InChI is InChI=1S/C20H31N3O3/c1-4-26-18-13-17(20(18)10-6-5-7-11-20)23-19(21)22-14-8-9-15(24-2)16(12-14)25-3/h8-9,12,17-18H,4-7,10-11,13H2,1-3H3,(H3,21,22,23). The second-order valence-corrected chi connectivity index (χ2v) is 7.20. The summed E-state index contributed by atoms with van der Waals surface area (Å²) >= 11 is 0. The highest BCUT2D eigenvalue weighted by Gasteiger charge is 2.55. The van der Waals surface area contributed by atoms with Gasteiger partial charge in [-0.3, -0.25) is 0 Å². The van der Waals surface area contributed by atoms with Crippen LogP contribution in [0.1, 0.15) is 45.4 Å². The summed E-state index contributed by atoms with van der Waals surface area (Å²) in [5.74, 6) is 1.80. The number of hydrogen-bond acceptors (Lipinski definition) is 4. The molecule has 0 radical (unpaired) electrons. The number of ether oxygens (including phenoxy) is 3. The van der Waals surface area contributed by atoms with E-state index in [2.05, 4.69) is 12.2 Å². The smallest absolute Gasteiger partial charge is 0.193 e. The normalized spacial score (nSPS) is 24.8. The van der Waals surface area contributed by atoms with Gasteiger partial charge in [0.1, 0.15) is 0 Å². The van der Waals surface area contributed by atoms with Crippen molar-refractivity contribution in [3.8, 4) is 11.5 Å². The minimum absolute atomic E-state index is 0.179. The van der Waals surface area contributed by atoms with E-state index in [4.69, 9.17) is 24.9 Å². The first kappa shape index (κ1) is 18.8. The number of nitrogens with one attached hydrogen (secondary N) is 1. The van der Waals surface area contributed by atoms with Crippen molar-refractivity contribution in [1.29, 1.82) is 0 Å². The van der Waals surface area contributed by atoms with Gasteiger partial charge >= 0.3 is 0 Å². The maximum absolute atomic E-state index is 6.21. The average molecular weight is 361 g/mol. The molecule has 6 heteroatoms. The molecule has 0 saturated heterocycles. The summed E-state index contributed by atoms with van der Waals surface area (Å²) in [6, 6.07) is 5.86. The second kappa shape index (κ2) is 8.16. The Morgan fingerprint density at radius 3 is 2.58 bits per heavy atom. The van der Waals surface area contributed by atoms with Gasteiger partial charge in [-0.05, 0) is 38.3 Å². The lowest BCUT2D eigenvalue weighted by Gasteiger charge is -2.55. The number of anilines is 1. The fourth-order valence-corrected chi connectivity index (χ4v) is 4.47. The Hall–Kier alpha value is -1.95. The van der Waals surface area contributed by atoms with Crippen LogP contribution in [0.3, 0.4) is 0 Å². The van der Waals surface area contributed by atoms with E-state index >= 15 is 0 Å². The molecule has 144 valence electrons. The molecule has 0 bridgehead atoms. The van der Waals surface area contributed by atoms with Crippen molar-refractivity contribution < 1.29 is 14.2 Å². The third kappa shape index (κ3) is 3.61. The zero-order valence-electron chi connectivity index (χ0n) is 16.1. The second-order valence-electron chi connectivity index (χ2n) is 7.20. The Morgan fingerprint density at radius 1 is 1.19 bits per heavy atom. The van der Waals surface area contributed by atoms with Crippen molar-refractivity contribution in [3.05, 3.63) is 18.2 Å². The first-order valence-electron chi connectivity index (χ1n) is 9.57. The summed E-state index contributed by atoms with van der Waals surface area (Å²) in [6.45, 7) is 2.84. The van der Waals surface area contributed by atoms with Crippen molar-refractivity contribution >= 4 is 11.6 Å². The van der Waals surface area contributed by atoms with Gasteiger partial charge in [0.25, 0.3) is 0 Å². The van der Waals surface area contributed by atoms with E-state index in [0.717, 1.165) is 18.7 Å². The molecule has 0 heterocycles. The molecular formula is C20H31N3O3. The highest BCUT2D eigenvalue weighted by Crippen LogP contribution is 2.54. The molecule has 0 aromatic heterocycles. The molecule has 1 spiro atoms. The number of benzene rings is 1. The molecule has 2 unspecified atom stereocenters. The highest BCUT2D eigenvalue weighted by molar-refractivity contribution is 5.92. The van der Waals surface area contributed by atoms with Crippen LogP contribution in [0.2, 0.25) is 0 Å². The predicted molar refractivity (Wildman–Crippen MR) is 104 cm³/mol. The van der Waals surface area contributed by atoms with Crippen LogP contribution >= 0.6 is 0 Å². The average Bonchev–Trinajstić information content (AvgIpc) is 2.67. The minimum atomic E-state index is 0.179. The zero-order valence-corrected chi connectivity index (χ0v) is 16.1. The molecule has 3 rings (SSSR count). The maximum Gasteiger partial charge on any atom is 0.193 e. The van der Waals surface area contributed by atoms with Crippen molar-refractivity contribution in [2.24, 2.45) is 16.1 Å². The number of hydrogen-bond donors (Lipinski definition) is 2. The number of guanidine groups is 1. The van der Waals surface area contributed by atoms with Crippen LogP contribution < -0.4 is 20.5 Å². The molecular weight excluding hydrogens is 330 g/mol. The largest absolute Gasteiger partial charge is 0.493 e. The lowest BCUT2D eigenvalue weighted by atomic mass is 9.55. The predicted octanol–water partition coefficient (Wildman–Crippen LogP) is 3.56. The Balaban J connectivity index is 1.71. The first-order valence-corrected chi connectivity index (χ1v) is 9.57. The van der Waals surface area contributed by atoms with E-state index in [1.807, 2.05) is 18.2 Å². The Morgan fingerprint density at radius 2 is 1.92 bits per heavy atom. The Bertz CT molecular complexity index is 641.